The molecule has 0 unspecified atom stereocenters. The summed E-state index contributed by atoms with van der Waals surface area (Å²) in [7, 11) is 1.41. The van der Waals surface area contributed by atoms with Crippen LogP contribution in [0.1, 0.15) is 12.5 Å². The number of carbonyl (C=O) groups excluding carboxylic acids is 1. The summed E-state index contributed by atoms with van der Waals surface area (Å²) in [6.45, 7) is 1.49. The van der Waals surface area contributed by atoms with E-state index in [1.807, 2.05) is 0 Å². The molecule has 0 atom stereocenters. The van der Waals surface area contributed by atoms with Gasteiger partial charge in [0.2, 0.25) is 11.8 Å². The Morgan fingerprint density at radius 3 is 2.64 bits per heavy atom. The first-order valence-electron chi connectivity index (χ1n) is 5.79. The molecule has 22 heavy (non-hydrogen) atoms. The summed E-state index contributed by atoms with van der Waals surface area (Å²) in [4.78, 5) is 14.5. The van der Waals surface area contributed by atoms with Gasteiger partial charge in [-0.05, 0) is 13.0 Å². The lowest BCUT2D eigenvalue weighted by atomic mass is 10.3. The Kier molecular flexibility index (Phi) is 5.75. The third kappa shape index (κ3) is 5.24. The van der Waals surface area contributed by atoms with Crippen LogP contribution < -0.4 is 15.4 Å². The molecule has 0 fully saturated rings. The third-order valence-electron chi connectivity index (χ3n) is 2.23. The predicted molar refractivity (Wildman–Crippen MR) is 74.0 cm³/mol. The van der Waals surface area contributed by atoms with Crippen molar-refractivity contribution in [2.45, 2.75) is 13.1 Å². The van der Waals surface area contributed by atoms with Crippen LogP contribution in [0.3, 0.4) is 0 Å². The molecule has 0 saturated heterocycles. The first-order chi connectivity index (χ1) is 10.1. The molecule has 1 rings (SSSR count). The van der Waals surface area contributed by atoms with Crippen LogP contribution in [0.15, 0.2) is 24.0 Å². The van der Waals surface area contributed by atoms with Gasteiger partial charge in [0.05, 0.1) is 5.56 Å². The second-order valence-electron chi connectivity index (χ2n) is 4.01. The van der Waals surface area contributed by atoms with E-state index in [0.717, 1.165) is 6.08 Å². The van der Waals surface area contributed by atoms with Crippen LogP contribution in [0.4, 0.5) is 18.0 Å². The third-order valence-corrected chi connectivity index (χ3v) is 2.50. The fourth-order valence-electron chi connectivity index (χ4n) is 1.26. The zero-order valence-electron chi connectivity index (χ0n) is 11.5. The summed E-state index contributed by atoms with van der Waals surface area (Å²) >= 11 is 5.64. The number of allylic oxidation sites excluding steroid dienone is 1. The quantitative estimate of drug-likeness (QED) is 0.586. The van der Waals surface area contributed by atoms with Crippen LogP contribution in [0, 0.1) is 5.41 Å². The van der Waals surface area contributed by atoms with Crippen LogP contribution in [-0.2, 0) is 6.18 Å². The summed E-state index contributed by atoms with van der Waals surface area (Å²) in [6, 6.07) is 0.156. The molecule has 0 saturated carbocycles. The molecule has 10 heteroatoms. The van der Waals surface area contributed by atoms with Gasteiger partial charge in [0, 0.05) is 25.0 Å². The molecular formula is C12H12ClF3N4O2. The number of ether oxygens (including phenoxy) is 1. The Morgan fingerprint density at radius 2 is 2.14 bits per heavy atom. The van der Waals surface area contributed by atoms with Crippen LogP contribution >= 0.6 is 11.6 Å². The highest BCUT2D eigenvalue weighted by atomic mass is 35.5. The highest BCUT2D eigenvalue weighted by Crippen LogP contribution is 2.33. The number of nitrogens with one attached hydrogen (secondary N) is 3. The van der Waals surface area contributed by atoms with Gasteiger partial charge in [-0.1, -0.05) is 11.6 Å². The number of halogens is 4. The maximum atomic E-state index is 12.5. The Bertz CT molecular complexity index is 617. The van der Waals surface area contributed by atoms with E-state index in [1.54, 1.807) is 0 Å². The predicted octanol–water partition coefficient (Wildman–Crippen LogP) is 2.94. The van der Waals surface area contributed by atoms with Gasteiger partial charge in [-0.15, -0.1) is 0 Å². The zero-order chi connectivity index (χ0) is 16.9. The first kappa shape index (κ1) is 17.8. The number of alkyl halides is 3. The molecule has 0 radical (unpaired) electrons. The van der Waals surface area contributed by atoms with E-state index in [2.05, 4.69) is 15.6 Å². The topological polar surface area (TPSA) is 87.1 Å². The highest BCUT2D eigenvalue weighted by Gasteiger charge is 2.31. The largest absolute Gasteiger partial charge is 0.420 e. The Hall–Kier alpha value is -2.29. The van der Waals surface area contributed by atoms with Crippen molar-refractivity contribution in [2.75, 3.05) is 7.05 Å². The van der Waals surface area contributed by atoms with E-state index in [9.17, 15) is 18.0 Å². The maximum Gasteiger partial charge on any atom is 0.417 e. The molecule has 0 aromatic carbocycles. The van der Waals surface area contributed by atoms with E-state index in [-0.39, 0.29) is 16.6 Å². The van der Waals surface area contributed by atoms with Crippen molar-refractivity contribution in [1.29, 1.82) is 5.41 Å². The molecule has 1 aromatic heterocycles. The number of hydrogen-bond acceptors (Lipinski definition) is 4. The van der Waals surface area contributed by atoms with Crippen LogP contribution in [0.2, 0.25) is 5.02 Å². The molecule has 0 aliphatic heterocycles. The Labute approximate surface area is 128 Å². The molecule has 1 heterocycles. The minimum Gasteiger partial charge on any atom is -0.420 e. The molecular weight excluding hydrogens is 325 g/mol. The normalized spacial score (nSPS) is 11.8. The van der Waals surface area contributed by atoms with Gasteiger partial charge < -0.3 is 15.4 Å². The van der Waals surface area contributed by atoms with Crippen LogP contribution in [-0.4, -0.2) is 24.0 Å². The summed E-state index contributed by atoms with van der Waals surface area (Å²) < 4.78 is 42.3. The van der Waals surface area contributed by atoms with Gasteiger partial charge in [0.15, 0.2) is 0 Å². The fraction of sp³-hybridized carbons (Fsp3) is 0.250. The molecule has 0 bridgehead atoms. The Morgan fingerprint density at radius 1 is 1.50 bits per heavy atom. The molecule has 2 amide bonds. The summed E-state index contributed by atoms with van der Waals surface area (Å²) in [5.74, 6) is -0.799. The van der Waals surface area contributed by atoms with E-state index in [4.69, 9.17) is 21.7 Å². The molecule has 0 spiro atoms. The van der Waals surface area contributed by atoms with Gasteiger partial charge >= 0.3 is 12.2 Å². The van der Waals surface area contributed by atoms with Crippen molar-refractivity contribution in [1.82, 2.24) is 15.6 Å². The number of amides is 2. The van der Waals surface area contributed by atoms with Gasteiger partial charge in [0.25, 0.3) is 0 Å². The number of rotatable bonds is 3. The molecule has 0 aliphatic rings. The molecule has 1 aromatic rings. The monoisotopic (exact) mass is 336 g/mol. The lowest BCUT2D eigenvalue weighted by Crippen LogP contribution is -2.31. The minimum atomic E-state index is -4.57. The number of nitrogens with zero attached hydrogens (tertiary/aromatic N) is 1. The standard InChI is InChI=1S/C12H12ClF3N4O2/c1-6(20-11(21)18-2)3-9(17)22-10-8(13)4-7(5-19-10)12(14,15)16/h3-5,17H,1-2H3,(H2,18,20,21)/b6-3-,17-9?. The number of pyridine rings is 1. The number of carbonyl (C=O) groups is 1. The van der Waals surface area contributed by atoms with Crippen molar-refractivity contribution < 1.29 is 22.7 Å². The zero-order valence-corrected chi connectivity index (χ0v) is 12.3. The van der Waals surface area contributed by atoms with Crippen LogP contribution in [0.25, 0.3) is 0 Å². The molecule has 3 N–H and O–H groups in total. The molecule has 0 aliphatic carbocycles. The van der Waals surface area contributed by atoms with Crippen molar-refractivity contribution in [2.24, 2.45) is 0 Å². The van der Waals surface area contributed by atoms with E-state index < -0.39 is 23.7 Å². The second kappa shape index (κ2) is 7.12. The summed E-state index contributed by atoms with van der Waals surface area (Å²) in [6.07, 6.45) is -2.88. The van der Waals surface area contributed by atoms with Crippen molar-refractivity contribution in [3.05, 3.63) is 34.6 Å². The first-order valence-corrected chi connectivity index (χ1v) is 6.17. The van der Waals surface area contributed by atoms with Gasteiger partial charge in [-0.25, -0.2) is 9.78 Å². The number of urea groups is 1. The van der Waals surface area contributed by atoms with Crippen molar-refractivity contribution in [3.8, 4) is 5.88 Å². The highest BCUT2D eigenvalue weighted by molar-refractivity contribution is 6.32. The summed E-state index contributed by atoms with van der Waals surface area (Å²) in [5, 5.41) is 11.8. The van der Waals surface area contributed by atoms with E-state index >= 15 is 0 Å². The lowest BCUT2D eigenvalue weighted by Gasteiger charge is -2.10. The minimum absolute atomic E-state index is 0.285. The lowest BCUT2D eigenvalue weighted by molar-refractivity contribution is -0.137. The van der Waals surface area contributed by atoms with E-state index in [0.29, 0.717) is 12.3 Å². The smallest absolute Gasteiger partial charge is 0.417 e. The molecule has 120 valence electrons. The van der Waals surface area contributed by atoms with Crippen LogP contribution in [0.5, 0.6) is 5.88 Å². The second-order valence-corrected chi connectivity index (χ2v) is 4.41. The number of hydrogen-bond donors (Lipinski definition) is 3. The van der Waals surface area contributed by atoms with Gasteiger partial charge in [0.1, 0.15) is 5.02 Å². The maximum absolute atomic E-state index is 12.5. The summed E-state index contributed by atoms with van der Waals surface area (Å²) in [5.41, 5.74) is -0.739. The van der Waals surface area contributed by atoms with Crippen molar-refractivity contribution in [3.63, 3.8) is 0 Å². The number of aromatic nitrogens is 1. The van der Waals surface area contributed by atoms with Crippen molar-refractivity contribution >= 4 is 23.5 Å². The fourth-order valence-corrected chi connectivity index (χ4v) is 1.47. The molecule has 6 nitrogen and oxygen atoms in total. The average molecular weight is 337 g/mol. The Balaban J connectivity index is 2.81. The van der Waals surface area contributed by atoms with Gasteiger partial charge in [-0.2, -0.15) is 13.2 Å². The van der Waals surface area contributed by atoms with Gasteiger partial charge in [-0.3, -0.25) is 5.41 Å². The SMILES string of the molecule is CNC(=O)N/C(C)=C\C(=N)Oc1ncc(C(F)(F)F)cc1Cl. The average Bonchev–Trinajstić information content (AvgIpc) is 2.39. The van der Waals surface area contributed by atoms with E-state index in [1.165, 1.54) is 14.0 Å².